The first-order valence-electron chi connectivity index (χ1n) is 8.22. The predicted octanol–water partition coefficient (Wildman–Crippen LogP) is 1.09. The van der Waals surface area contributed by atoms with Gasteiger partial charge in [0.2, 0.25) is 12.6 Å². The fourth-order valence-corrected chi connectivity index (χ4v) is 2.53. The molecule has 0 saturated heterocycles. The van der Waals surface area contributed by atoms with Gasteiger partial charge < -0.3 is 9.47 Å². The molecule has 2 aromatic carbocycles. The molecule has 1 N–H and O–H groups in total. The van der Waals surface area contributed by atoms with Crippen molar-refractivity contribution in [3.05, 3.63) is 53.6 Å². The summed E-state index contributed by atoms with van der Waals surface area (Å²) in [7, 11) is 0. The fraction of sp³-hybridized carbons (Fsp3) is 0.111. The predicted molar refractivity (Wildman–Crippen MR) is 96.3 cm³/mol. The number of ether oxygens (including phenoxy) is 2. The summed E-state index contributed by atoms with van der Waals surface area (Å²) in [6.07, 6.45) is 1.49. The minimum atomic E-state index is -0.422. The molecule has 2 heterocycles. The Balaban J connectivity index is 1.37. The van der Waals surface area contributed by atoms with Gasteiger partial charge in [-0.3, -0.25) is 4.79 Å². The molecule has 1 amide bonds. The molecule has 138 valence electrons. The number of hydrogen-bond acceptors (Lipinski definition) is 8. The van der Waals surface area contributed by atoms with Crippen LogP contribution in [-0.2, 0) is 11.3 Å². The van der Waals surface area contributed by atoms with Crippen LogP contribution >= 0.6 is 0 Å². The topological polar surface area (TPSA) is 127 Å². The number of benzene rings is 2. The normalized spacial score (nSPS) is 12.1. The average Bonchev–Trinajstić information content (AvgIpc) is 3.37. The Morgan fingerprint density at radius 3 is 3.04 bits per heavy atom. The number of carbonyl (C=O) groups excluding carboxylic acids is 1. The zero-order chi connectivity index (χ0) is 19.3. The molecule has 0 atom stereocenters. The average molecular weight is 375 g/mol. The van der Waals surface area contributed by atoms with Crippen LogP contribution in [-0.4, -0.2) is 39.1 Å². The number of tetrazole rings is 1. The van der Waals surface area contributed by atoms with E-state index in [1.165, 1.54) is 6.21 Å². The minimum absolute atomic E-state index is 0.166. The molecule has 0 saturated carbocycles. The van der Waals surface area contributed by atoms with Crippen LogP contribution in [0.3, 0.4) is 0 Å². The molecule has 0 bridgehead atoms. The molecule has 4 rings (SSSR count). The molecule has 10 heteroatoms. The van der Waals surface area contributed by atoms with Gasteiger partial charge in [-0.15, -0.1) is 10.2 Å². The Hall–Kier alpha value is -4.26. The van der Waals surface area contributed by atoms with Crippen molar-refractivity contribution in [2.75, 3.05) is 6.79 Å². The van der Waals surface area contributed by atoms with Gasteiger partial charge in [0.15, 0.2) is 11.5 Å². The molecule has 3 aromatic rings. The van der Waals surface area contributed by atoms with Crippen molar-refractivity contribution in [2.24, 2.45) is 5.10 Å². The first kappa shape index (κ1) is 17.2. The van der Waals surface area contributed by atoms with Crippen LogP contribution in [0.1, 0.15) is 11.1 Å². The molecule has 1 aliphatic heterocycles. The van der Waals surface area contributed by atoms with Gasteiger partial charge >= 0.3 is 0 Å². The number of nitriles is 1. The Labute approximate surface area is 159 Å². The maximum atomic E-state index is 12.0. The van der Waals surface area contributed by atoms with E-state index in [1.807, 2.05) is 0 Å². The zero-order valence-electron chi connectivity index (χ0n) is 14.4. The Morgan fingerprint density at radius 1 is 1.29 bits per heavy atom. The van der Waals surface area contributed by atoms with Crippen molar-refractivity contribution < 1.29 is 14.3 Å². The zero-order valence-corrected chi connectivity index (χ0v) is 14.4. The van der Waals surface area contributed by atoms with Gasteiger partial charge in [0.1, 0.15) is 6.54 Å². The number of aromatic nitrogens is 4. The smallest absolute Gasteiger partial charge is 0.263 e. The summed E-state index contributed by atoms with van der Waals surface area (Å²) in [5, 5.41) is 24.9. The fourth-order valence-electron chi connectivity index (χ4n) is 2.53. The Bertz CT molecular complexity index is 1100. The largest absolute Gasteiger partial charge is 0.454 e. The maximum absolute atomic E-state index is 12.0. The summed E-state index contributed by atoms with van der Waals surface area (Å²) in [4.78, 5) is 13.1. The highest BCUT2D eigenvalue weighted by Crippen LogP contribution is 2.31. The Kier molecular flexibility index (Phi) is 4.63. The van der Waals surface area contributed by atoms with Crippen LogP contribution in [0.15, 0.2) is 47.6 Å². The van der Waals surface area contributed by atoms with Gasteiger partial charge in [0, 0.05) is 5.56 Å². The minimum Gasteiger partial charge on any atom is -0.454 e. The number of rotatable bonds is 5. The highest BCUT2D eigenvalue weighted by Gasteiger charge is 2.13. The Morgan fingerprint density at radius 2 is 2.14 bits per heavy atom. The molecule has 0 radical (unpaired) electrons. The molecule has 0 unspecified atom stereocenters. The monoisotopic (exact) mass is 375 g/mol. The van der Waals surface area contributed by atoms with E-state index in [2.05, 4.69) is 32.0 Å². The summed E-state index contributed by atoms with van der Waals surface area (Å²) >= 11 is 0. The van der Waals surface area contributed by atoms with Gasteiger partial charge in [0.25, 0.3) is 5.91 Å². The maximum Gasteiger partial charge on any atom is 0.263 e. The lowest BCUT2D eigenvalue weighted by atomic mass is 10.1. The lowest BCUT2D eigenvalue weighted by Gasteiger charge is -1.99. The van der Waals surface area contributed by atoms with Crippen molar-refractivity contribution in [3.8, 4) is 29.0 Å². The van der Waals surface area contributed by atoms with E-state index >= 15 is 0 Å². The third-order valence-corrected chi connectivity index (χ3v) is 3.83. The third-order valence-electron chi connectivity index (χ3n) is 3.83. The van der Waals surface area contributed by atoms with E-state index in [0.717, 1.165) is 10.4 Å². The highest BCUT2D eigenvalue weighted by atomic mass is 16.7. The highest BCUT2D eigenvalue weighted by molar-refractivity contribution is 5.83. The van der Waals surface area contributed by atoms with Crippen LogP contribution in [0.25, 0.3) is 11.4 Å². The first-order chi connectivity index (χ1) is 13.7. The SMILES string of the molecule is N#Cc1ccccc1-c1nnn(CC(=O)N/N=C/c2ccc3c(c2)OCO3)n1. The molecule has 10 nitrogen and oxygen atoms in total. The van der Waals surface area contributed by atoms with Crippen molar-refractivity contribution in [1.82, 2.24) is 25.6 Å². The third kappa shape index (κ3) is 3.63. The second-order valence-corrected chi connectivity index (χ2v) is 5.71. The van der Waals surface area contributed by atoms with Crippen molar-refractivity contribution in [2.45, 2.75) is 6.54 Å². The summed E-state index contributed by atoms with van der Waals surface area (Å²) in [5.41, 5.74) is 4.13. The molecular formula is C18H13N7O3. The molecule has 1 aliphatic rings. The van der Waals surface area contributed by atoms with E-state index in [4.69, 9.17) is 14.7 Å². The second-order valence-electron chi connectivity index (χ2n) is 5.71. The van der Waals surface area contributed by atoms with Gasteiger partial charge in [-0.2, -0.15) is 15.2 Å². The lowest BCUT2D eigenvalue weighted by molar-refractivity contribution is -0.122. The molecule has 0 spiro atoms. The van der Waals surface area contributed by atoms with Crippen molar-refractivity contribution in [3.63, 3.8) is 0 Å². The molecule has 1 aromatic heterocycles. The standard InChI is InChI=1S/C18H13N7O3/c19-8-13-3-1-2-4-14(13)18-22-24-25(23-18)10-17(26)21-20-9-12-5-6-15-16(7-12)28-11-27-15/h1-7,9H,10-11H2,(H,21,26)/b20-9+. The summed E-state index contributed by atoms with van der Waals surface area (Å²) < 4.78 is 10.5. The number of hydrogen-bond donors (Lipinski definition) is 1. The van der Waals surface area contributed by atoms with Crippen molar-refractivity contribution >= 4 is 12.1 Å². The van der Waals surface area contributed by atoms with E-state index in [-0.39, 0.29) is 19.2 Å². The number of nitrogens with one attached hydrogen (secondary N) is 1. The quantitative estimate of drug-likeness (QED) is 0.522. The number of amides is 1. The summed E-state index contributed by atoms with van der Waals surface area (Å²) in [5.74, 6) is 1.16. The first-order valence-corrected chi connectivity index (χ1v) is 8.22. The number of nitrogens with zero attached hydrogens (tertiary/aromatic N) is 6. The summed E-state index contributed by atoms with van der Waals surface area (Å²) in [6.45, 7) is 0.0264. The van der Waals surface area contributed by atoms with Gasteiger partial charge in [-0.05, 0) is 41.1 Å². The van der Waals surface area contributed by atoms with Gasteiger partial charge in [0.05, 0.1) is 17.8 Å². The van der Waals surface area contributed by atoms with Crippen LogP contribution in [0, 0.1) is 11.3 Å². The van der Waals surface area contributed by atoms with E-state index in [9.17, 15) is 4.79 Å². The van der Waals surface area contributed by atoms with Crippen LogP contribution in [0.2, 0.25) is 0 Å². The molecular weight excluding hydrogens is 362 g/mol. The van der Waals surface area contributed by atoms with Crippen LogP contribution in [0.4, 0.5) is 0 Å². The molecule has 28 heavy (non-hydrogen) atoms. The van der Waals surface area contributed by atoms with Crippen LogP contribution in [0.5, 0.6) is 11.5 Å². The van der Waals surface area contributed by atoms with E-state index in [1.54, 1.807) is 42.5 Å². The summed E-state index contributed by atoms with van der Waals surface area (Å²) in [6, 6.07) is 14.3. The second kappa shape index (κ2) is 7.55. The lowest BCUT2D eigenvalue weighted by Crippen LogP contribution is -2.24. The van der Waals surface area contributed by atoms with Crippen LogP contribution < -0.4 is 14.9 Å². The van der Waals surface area contributed by atoms with Gasteiger partial charge in [-0.1, -0.05) is 12.1 Å². The molecule has 0 aliphatic carbocycles. The number of fused-ring (bicyclic) bond motifs is 1. The molecule has 0 fully saturated rings. The number of hydrazone groups is 1. The van der Waals surface area contributed by atoms with E-state index in [0.29, 0.717) is 22.6 Å². The van der Waals surface area contributed by atoms with Gasteiger partial charge in [-0.25, -0.2) is 5.43 Å². The van der Waals surface area contributed by atoms with Crippen molar-refractivity contribution in [1.29, 1.82) is 5.26 Å². The number of carbonyl (C=O) groups is 1. The van der Waals surface area contributed by atoms with E-state index < -0.39 is 5.91 Å².